The van der Waals surface area contributed by atoms with Gasteiger partial charge in [-0.2, -0.15) is 0 Å². The maximum Gasteiger partial charge on any atom is 0.144 e. The predicted molar refractivity (Wildman–Crippen MR) is 71.6 cm³/mol. The minimum Gasteiger partial charge on any atom is -0.508 e. The van der Waals surface area contributed by atoms with E-state index in [9.17, 15) is 9.90 Å². The van der Waals surface area contributed by atoms with Gasteiger partial charge in [0.25, 0.3) is 0 Å². The van der Waals surface area contributed by atoms with Crippen LogP contribution in [0.4, 0.5) is 0 Å². The second-order valence-corrected chi connectivity index (χ2v) is 5.22. The molecule has 1 atom stereocenters. The van der Waals surface area contributed by atoms with Crippen LogP contribution in [0.25, 0.3) is 0 Å². The van der Waals surface area contributed by atoms with Crippen LogP contribution < -0.4 is 5.32 Å². The number of Topliss-reactive ketones (excluding diaryl/α,β-unsaturated/α-hetero) is 1. The highest BCUT2D eigenvalue weighted by Crippen LogP contribution is 2.33. The molecule has 3 nitrogen and oxygen atoms in total. The number of ketones is 1. The summed E-state index contributed by atoms with van der Waals surface area (Å²) in [6.45, 7) is 3.90. The van der Waals surface area contributed by atoms with Crippen LogP contribution in [0.5, 0.6) is 5.75 Å². The molecule has 1 aromatic rings. The van der Waals surface area contributed by atoms with E-state index >= 15 is 0 Å². The molecule has 0 saturated carbocycles. The highest BCUT2D eigenvalue weighted by atomic mass is 16.3. The molecule has 1 aromatic carbocycles. The smallest absolute Gasteiger partial charge is 0.144 e. The van der Waals surface area contributed by atoms with Crippen LogP contribution in [0.1, 0.15) is 31.7 Å². The van der Waals surface area contributed by atoms with Crippen molar-refractivity contribution in [3.05, 3.63) is 29.8 Å². The van der Waals surface area contributed by atoms with Gasteiger partial charge >= 0.3 is 0 Å². The number of carbonyl (C=O) groups is 1. The standard InChI is InChI=1S/C15H21NO2/c1-2-7-15(8-9-16-11-15)14(18)10-12-3-5-13(17)6-4-12/h3-6,16-17H,2,7-11H2,1H3. The molecule has 0 radical (unpaired) electrons. The first-order valence-corrected chi connectivity index (χ1v) is 6.68. The van der Waals surface area contributed by atoms with Crippen molar-refractivity contribution in [3.8, 4) is 5.75 Å². The molecule has 0 bridgehead atoms. The molecule has 3 heteroatoms. The number of hydrogen-bond acceptors (Lipinski definition) is 3. The number of aromatic hydroxyl groups is 1. The highest BCUT2D eigenvalue weighted by Gasteiger charge is 2.39. The quantitative estimate of drug-likeness (QED) is 0.839. The van der Waals surface area contributed by atoms with Crippen molar-refractivity contribution in [1.82, 2.24) is 5.32 Å². The lowest BCUT2D eigenvalue weighted by Crippen LogP contribution is -2.34. The van der Waals surface area contributed by atoms with Gasteiger partial charge in [-0.15, -0.1) is 0 Å². The highest BCUT2D eigenvalue weighted by molar-refractivity contribution is 5.87. The predicted octanol–water partition coefficient (Wildman–Crippen LogP) is 2.28. The molecule has 0 aromatic heterocycles. The number of nitrogens with one attached hydrogen (secondary N) is 1. The number of rotatable bonds is 5. The molecule has 2 rings (SSSR count). The number of hydrogen-bond donors (Lipinski definition) is 2. The molecule has 1 fully saturated rings. The van der Waals surface area contributed by atoms with Gasteiger partial charge in [0.05, 0.1) is 0 Å². The Morgan fingerprint density at radius 1 is 1.39 bits per heavy atom. The number of phenolic OH excluding ortho intramolecular Hbond substituents is 1. The summed E-state index contributed by atoms with van der Waals surface area (Å²) in [5.74, 6) is 0.581. The van der Waals surface area contributed by atoms with Crippen LogP contribution in [0.2, 0.25) is 0 Å². The van der Waals surface area contributed by atoms with E-state index in [1.165, 1.54) is 0 Å². The first-order chi connectivity index (χ1) is 8.66. The molecule has 18 heavy (non-hydrogen) atoms. The second-order valence-electron chi connectivity index (χ2n) is 5.22. The van der Waals surface area contributed by atoms with Crippen molar-refractivity contribution < 1.29 is 9.90 Å². The summed E-state index contributed by atoms with van der Waals surface area (Å²) >= 11 is 0. The normalized spacial score (nSPS) is 23.2. The van der Waals surface area contributed by atoms with Gasteiger partial charge in [-0.1, -0.05) is 25.5 Å². The van der Waals surface area contributed by atoms with Gasteiger partial charge in [0.15, 0.2) is 0 Å². The van der Waals surface area contributed by atoms with Crippen molar-refractivity contribution in [3.63, 3.8) is 0 Å². The van der Waals surface area contributed by atoms with Gasteiger partial charge in [0, 0.05) is 18.4 Å². The molecule has 0 spiro atoms. The lowest BCUT2D eigenvalue weighted by atomic mass is 9.76. The fourth-order valence-electron chi connectivity index (χ4n) is 2.80. The maximum absolute atomic E-state index is 12.5. The Morgan fingerprint density at radius 2 is 2.11 bits per heavy atom. The Kier molecular flexibility index (Phi) is 4.02. The monoisotopic (exact) mass is 247 g/mol. The zero-order valence-electron chi connectivity index (χ0n) is 10.9. The summed E-state index contributed by atoms with van der Waals surface area (Å²) in [6, 6.07) is 6.94. The summed E-state index contributed by atoms with van der Waals surface area (Å²) in [5.41, 5.74) is 0.826. The summed E-state index contributed by atoms with van der Waals surface area (Å²) in [5, 5.41) is 12.6. The molecule has 1 aliphatic heterocycles. The van der Waals surface area contributed by atoms with E-state index in [2.05, 4.69) is 12.2 Å². The molecule has 1 aliphatic rings. The molecular formula is C15H21NO2. The van der Waals surface area contributed by atoms with Crippen molar-refractivity contribution in [2.24, 2.45) is 5.41 Å². The van der Waals surface area contributed by atoms with Gasteiger partial charge in [-0.3, -0.25) is 4.79 Å². The fourth-order valence-corrected chi connectivity index (χ4v) is 2.80. The van der Waals surface area contributed by atoms with Crippen LogP contribution in [0.3, 0.4) is 0 Å². The average molecular weight is 247 g/mol. The number of phenols is 1. The van der Waals surface area contributed by atoms with E-state index in [0.29, 0.717) is 12.2 Å². The number of carbonyl (C=O) groups excluding carboxylic acids is 1. The Bertz CT molecular complexity index is 405. The van der Waals surface area contributed by atoms with Gasteiger partial charge < -0.3 is 10.4 Å². The summed E-state index contributed by atoms with van der Waals surface area (Å²) in [4.78, 5) is 12.5. The minimum absolute atomic E-state index is 0.160. The van der Waals surface area contributed by atoms with Crippen molar-refractivity contribution in [1.29, 1.82) is 0 Å². The van der Waals surface area contributed by atoms with E-state index in [0.717, 1.165) is 37.9 Å². The lowest BCUT2D eigenvalue weighted by molar-refractivity contribution is -0.127. The Balaban J connectivity index is 2.07. The average Bonchev–Trinajstić information content (AvgIpc) is 2.82. The summed E-state index contributed by atoms with van der Waals surface area (Å²) in [6.07, 6.45) is 3.44. The first kappa shape index (κ1) is 13.1. The Hall–Kier alpha value is -1.35. The van der Waals surface area contributed by atoms with E-state index in [-0.39, 0.29) is 11.2 Å². The molecule has 0 amide bonds. The Labute approximate surface area is 108 Å². The van der Waals surface area contributed by atoms with Crippen molar-refractivity contribution >= 4 is 5.78 Å². The van der Waals surface area contributed by atoms with Crippen LogP contribution in [0, 0.1) is 5.41 Å². The van der Waals surface area contributed by atoms with Crippen LogP contribution in [-0.2, 0) is 11.2 Å². The molecule has 2 N–H and O–H groups in total. The van der Waals surface area contributed by atoms with E-state index in [1.54, 1.807) is 12.1 Å². The molecule has 0 aliphatic carbocycles. The molecule has 1 unspecified atom stereocenters. The van der Waals surface area contributed by atoms with Crippen LogP contribution in [-0.4, -0.2) is 24.0 Å². The fraction of sp³-hybridized carbons (Fsp3) is 0.533. The SMILES string of the molecule is CCCC1(C(=O)Cc2ccc(O)cc2)CCNC1. The Morgan fingerprint density at radius 3 is 2.67 bits per heavy atom. The topological polar surface area (TPSA) is 49.3 Å². The number of benzene rings is 1. The van der Waals surface area contributed by atoms with Crippen molar-refractivity contribution in [2.75, 3.05) is 13.1 Å². The third-order valence-corrected chi connectivity index (χ3v) is 3.86. The minimum atomic E-state index is -0.160. The van der Waals surface area contributed by atoms with E-state index < -0.39 is 0 Å². The second kappa shape index (κ2) is 5.53. The third kappa shape index (κ3) is 2.72. The van der Waals surface area contributed by atoms with Crippen LogP contribution >= 0.6 is 0 Å². The summed E-state index contributed by atoms with van der Waals surface area (Å²) in [7, 11) is 0. The summed E-state index contributed by atoms with van der Waals surface area (Å²) < 4.78 is 0. The molecule has 98 valence electrons. The third-order valence-electron chi connectivity index (χ3n) is 3.86. The van der Waals surface area contributed by atoms with Gasteiger partial charge in [0.2, 0.25) is 0 Å². The first-order valence-electron chi connectivity index (χ1n) is 6.68. The molecule has 1 heterocycles. The molecular weight excluding hydrogens is 226 g/mol. The zero-order valence-corrected chi connectivity index (χ0v) is 10.9. The largest absolute Gasteiger partial charge is 0.508 e. The lowest BCUT2D eigenvalue weighted by Gasteiger charge is -2.26. The van der Waals surface area contributed by atoms with Gasteiger partial charge in [0.1, 0.15) is 11.5 Å². The zero-order chi connectivity index (χ0) is 13.0. The van der Waals surface area contributed by atoms with Crippen molar-refractivity contribution in [2.45, 2.75) is 32.6 Å². The maximum atomic E-state index is 12.5. The van der Waals surface area contributed by atoms with E-state index in [4.69, 9.17) is 0 Å². The van der Waals surface area contributed by atoms with E-state index in [1.807, 2.05) is 12.1 Å². The van der Waals surface area contributed by atoms with Gasteiger partial charge in [-0.25, -0.2) is 0 Å². The molecule has 1 saturated heterocycles. The van der Waals surface area contributed by atoms with Gasteiger partial charge in [-0.05, 0) is 37.1 Å². The van der Waals surface area contributed by atoms with Crippen LogP contribution in [0.15, 0.2) is 24.3 Å².